The number of nitrogens with zero attached hydrogens (tertiary/aromatic N) is 2. The summed E-state index contributed by atoms with van der Waals surface area (Å²) in [4.78, 5) is 44.5. The van der Waals surface area contributed by atoms with Gasteiger partial charge in [0.05, 0.1) is 22.0 Å². The highest BCUT2D eigenvalue weighted by Gasteiger charge is 2.30. The van der Waals surface area contributed by atoms with Crippen LogP contribution in [0.3, 0.4) is 0 Å². The molecular weight excluding hydrogens is 252 g/mol. The molecule has 6 nitrogen and oxygen atoms in total. The molecule has 0 saturated carbocycles. The first kappa shape index (κ1) is 11.0. The molecule has 2 aliphatic heterocycles. The largest absolute Gasteiger partial charge is 0.268 e. The van der Waals surface area contributed by atoms with Gasteiger partial charge in [-0.2, -0.15) is 0 Å². The Morgan fingerprint density at radius 1 is 0.625 bits per heavy atom. The maximum Gasteiger partial charge on any atom is 0.264 e. The first-order valence-electron chi connectivity index (χ1n) is 4.06. The Bertz CT molecular complexity index is 379. The highest BCUT2D eigenvalue weighted by Crippen LogP contribution is 2.33. The van der Waals surface area contributed by atoms with E-state index in [2.05, 4.69) is 0 Å². The number of carbonyl (C=O) groups excluding carboxylic acids is 4. The number of hydrogen-bond donors (Lipinski definition) is 0. The van der Waals surface area contributed by atoms with Gasteiger partial charge in [0.25, 0.3) is 23.6 Å². The highest BCUT2D eigenvalue weighted by atomic mass is 33.1. The molecule has 0 N–H and O–H groups in total. The van der Waals surface area contributed by atoms with Crippen molar-refractivity contribution in [3.8, 4) is 0 Å². The van der Waals surface area contributed by atoms with Crippen molar-refractivity contribution in [1.29, 1.82) is 0 Å². The zero-order valence-electron chi connectivity index (χ0n) is 7.65. The molecule has 0 aromatic rings. The van der Waals surface area contributed by atoms with E-state index in [0.717, 1.165) is 54.9 Å². The van der Waals surface area contributed by atoms with E-state index < -0.39 is 23.6 Å². The van der Waals surface area contributed by atoms with E-state index in [1.807, 2.05) is 0 Å². The molecule has 0 radical (unpaired) electrons. The Morgan fingerprint density at radius 3 is 1.12 bits per heavy atom. The first-order chi connectivity index (χ1) is 7.59. The zero-order chi connectivity index (χ0) is 11.7. The van der Waals surface area contributed by atoms with E-state index >= 15 is 0 Å². The average Bonchev–Trinajstić information content (AvgIpc) is 2.72. The molecule has 0 fully saturated rings. The second-order valence-electron chi connectivity index (χ2n) is 2.76. The zero-order valence-corrected chi connectivity index (χ0v) is 9.29. The third kappa shape index (κ3) is 1.89. The lowest BCUT2D eigenvalue weighted by Crippen LogP contribution is -2.25. The Hall–Kier alpha value is -1.54. The predicted octanol–water partition coefficient (Wildman–Crippen LogP) is 0.0478. The summed E-state index contributed by atoms with van der Waals surface area (Å²) < 4.78 is 1.73. The summed E-state index contributed by atoms with van der Waals surface area (Å²) in [7, 11) is 1.48. The molecule has 0 aromatic carbocycles. The summed E-state index contributed by atoms with van der Waals surface area (Å²) in [5, 5.41) is 0. The summed E-state index contributed by atoms with van der Waals surface area (Å²) in [6.45, 7) is 0. The molecule has 2 aliphatic rings. The normalized spacial score (nSPS) is 19.5. The summed E-state index contributed by atoms with van der Waals surface area (Å²) >= 11 is 0. The van der Waals surface area contributed by atoms with Crippen LogP contribution in [0, 0.1) is 0 Å². The van der Waals surface area contributed by atoms with E-state index in [-0.39, 0.29) is 0 Å². The molecule has 16 heavy (non-hydrogen) atoms. The summed E-state index contributed by atoms with van der Waals surface area (Å²) in [6, 6.07) is 0. The minimum absolute atomic E-state index is 0.477. The Labute approximate surface area is 98.0 Å². The number of hydrogen-bond acceptors (Lipinski definition) is 6. The molecule has 0 aromatic heterocycles. The van der Waals surface area contributed by atoms with Gasteiger partial charge in [0.15, 0.2) is 0 Å². The van der Waals surface area contributed by atoms with Gasteiger partial charge in [-0.3, -0.25) is 19.2 Å². The molecule has 0 bridgehead atoms. The van der Waals surface area contributed by atoms with Gasteiger partial charge >= 0.3 is 0 Å². The van der Waals surface area contributed by atoms with Crippen molar-refractivity contribution in [1.82, 2.24) is 8.61 Å². The fourth-order valence-corrected chi connectivity index (χ4v) is 2.94. The van der Waals surface area contributed by atoms with E-state index in [4.69, 9.17) is 0 Å². The van der Waals surface area contributed by atoms with Crippen LogP contribution in [-0.4, -0.2) is 32.2 Å². The van der Waals surface area contributed by atoms with Crippen LogP contribution in [0.25, 0.3) is 0 Å². The molecule has 2 heterocycles. The summed E-state index contributed by atoms with van der Waals surface area (Å²) in [5.41, 5.74) is 0. The monoisotopic (exact) mass is 256 g/mol. The van der Waals surface area contributed by atoms with Crippen LogP contribution in [0.5, 0.6) is 0 Å². The van der Waals surface area contributed by atoms with Crippen LogP contribution in [0.15, 0.2) is 24.3 Å². The molecule has 2 rings (SSSR count). The van der Waals surface area contributed by atoms with Gasteiger partial charge < -0.3 is 0 Å². The van der Waals surface area contributed by atoms with Gasteiger partial charge in [0.2, 0.25) is 0 Å². The van der Waals surface area contributed by atoms with Crippen LogP contribution in [0.1, 0.15) is 0 Å². The lowest BCUT2D eigenvalue weighted by molar-refractivity contribution is -0.132. The minimum atomic E-state index is -0.477. The summed E-state index contributed by atoms with van der Waals surface area (Å²) in [6.07, 6.45) is 4.51. The van der Waals surface area contributed by atoms with Crippen molar-refractivity contribution < 1.29 is 19.2 Å². The second-order valence-corrected chi connectivity index (χ2v) is 4.68. The first-order valence-corrected chi connectivity index (χ1v) is 6.13. The van der Waals surface area contributed by atoms with Gasteiger partial charge in [-0.25, -0.2) is 8.61 Å². The smallest absolute Gasteiger partial charge is 0.264 e. The fraction of sp³-hybridized carbons (Fsp3) is 0. The number of imide groups is 2. The lowest BCUT2D eigenvalue weighted by Gasteiger charge is -2.15. The van der Waals surface area contributed by atoms with Crippen molar-refractivity contribution in [3.05, 3.63) is 24.3 Å². The fourth-order valence-electron chi connectivity index (χ4n) is 0.987. The van der Waals surface area contributed by atoms with Crippen molar-refractivity contribution in [2.75, 3.05) is 0 Å². The van der Waals surface area contributed by atoms with Crippen LogP contribution in [-0.2, 0) is 19.2 Å². The van der Waals surface area contributed by atoms with Gasteiger partial charge in [-0.05, 0) is 0 Å². The highest BCUT2D eigenvalue weighted by molar-refractivity contribution is 8.75. The Morgan fingerprint density at radius 2 is 0.875 bits per heavy atom. The van der Waals surface area contributed by atoms with Crippen molar-refractivity contribution in [3.63, 3.8) is 0 Å². The van der Waals surface area contributed by atoms with Crippen LogP contribution < -0.4 is 0 Å². The molecule has 0 spiro atoms. The third-order valence-corrected chi connectivity index (χ3v) is 3.90. The van der Waals surface area contributed by atoms with E-state index in [0.29, 0.717) is 0 Å². The molecule has 0 unspecified atom stereocenters. The number of rotatable bonds is 3. The second kappa shape index (κ2) is 4.14. The van der Waals surface area contributed by atoms with Crippen molar-refractivity contribution >= 4 is 45.6 Å². The van der Waals surface area contributed by atoms with Crippen LogP contribution >= 0.6 is 22.0 Å². The number of carbonyl (C=O) groups is 4. The van der Waals surface area contributed by atoms with Crippen LogP contribution in [0.4, 0.5) is 0 Å². The van der Waals surface area contributed by atoms with Gasteiger partial charge in [0.1, 0.15) is 0 Å². The molecule has 8 heteroatoms. The maximum atomic E-state index is 11.1. The molecule has 0 saturated heterocycles. The molecule has 4 amide bonds. The molecular formula is C8H4N2O4S2. The summed E-state index contributed by atoms with van der Waals surface area (Å²) in [5.74, 6) is -1.91. The van der Waals surface area contributed by atoms with Crippen molar-refractivity contribution in [2.45, 2.75) is 0 Å². The third-order valence-electron chi connectivity index (χ3n) is 1.72. The SMILES string of the molecule is O=C1C=CC(=O)N1SSN1C(=O)C=CC1=O. The Balaban J connectivity index is 1.93. The lowest BCUT2D eigenvalue weighted by atomic mass is 10.6. The number of amides is 4. The topological polar surface area (TPSA) is 74.8 Å². The average molecular weight is 256 g/mol. The van der Waals surface area contributed by atoms with Gasteiger partial charge in [-0.1, -0.05) is 0 Å². The quantitative estimate of drug-likeness (QED) is 0.403. The molecule has 0 atom stereocenters. The predicted molar refractivity (Wildman–Crippen MR) is 57.2 cm³/mol. The van der Waals surface area contributed by atoms with E-state index in [1.54, 1.807) is 0 Å². The Kier molecular flexibility index (Phi) is 2.84. The van der Waals surface area contributed by atoms with E-state index in [9.17, 15) is 19.2 Å². The standard InChI is InChI=1S/C8H4N2O4S2/c11-5-1-2-6(12)9(5)15-16-10-7(13)3-4-8(10)14/h1-4H. The van der Waals surface area contributed by atoms with E-state index in [1.165, 1.54) is 0 Å². The molecule has 82 valence electrons. The minimum Gasteiger partial charge on any atom is -0.268 e. The van der Waals surface area contributed by atoms with Gasteiger partial charge in [-0.15, -0.1) is 0 Å². The molecule has 0 aliphatic carbocycles. The van der Waals surface area contributed by atoms with Gasteiger partial charge in [0, 0.05) is 24.3 Å². The van der Waals surface area contributed by atoms with Crippen LogP contribution in [0.2, 0.25) is 0 Å². The maximum absolute atomic E-state index is 11.1. The van der Waals surface area contributed by atoms with Crippen molar-refractivity contribution in [2.24, 2.45) is 0 Å².